The van der Waals surface area contributed by atoms with E-state index in [0.29, 0.717) is 12.2 Å². The number of urea groups is 1. The number of carbonyl (C=O) groups is 1. The van der Waals surface area contributed by atoms with Gasteiger partial charge in [-0.2, -0.15) is 0 Å². The number of alkyl halides is 1. The first kappa shape index (κ1) is 14.4. The van der Waals surface area contributed by atoms with Gasteiger partial charge in [0.15, 0.2) is 0 Å². The first-order valence-electron chi connectivity index (χ1n) is 5.37. The minimum atomic E-state index is -0.496. The number of nitrogens with one attached hydrogen (secondary N) is 1. The molecule has 7 heteroatoms. The van der Waals surface area contributed by atoms with Crippen LogP contribution in [0.5, 0.6) is 0 Å². The van der Waals surface area contributed by atoms with Crippen molar-refractivity contribution >= 4 is 33.3 Å². The quantitative estimate of drug-likeness (QED) is 0.515. The molecule has 6 nitrogen and oxygen atoms in total. The van der Waals surface area contributed by atoms with Crippen LogP contribution < -0.4 is 5.32 Å². The SMILES string of the molecule is CN(CCCBr)C(=O)Nc1cccc([N+](=O)[O-])c1. The number of nitro benzene ring substituents is 1. The molecule has 18 heavy (non-hydrogen) atoms. The van der Waals surface area contributed by atoms with Gasteiger partial charge in [-0.05, 0) is 12.5 Å². The Bertz CT molecular complexity index is 439. The van der Waals surface area contributed by atoms with E-state index in [1.807, 2.05) is 0 Å². The van der Waals surface area contributed by atoms with E-state index in [0.717, 1.165) is 11.8 Å². The van der Waals surface area contributed by atoms with E-state index in [1.54, 1.807) is 13.1 Å². The Morgan fingerprint density at radius 2 is 2.28 bits per heavy atom. The Morgan fingerprint density at radius 3 is 2.89 bits per heavy atom. The summed E-state index contributed by atoms with van der Waals surface area (Å²) in [6.45, 7) is 0.617. The predicted octanol–water partition coefficient (Wildman–Crippen LogP) is 2.84. The van der Waals surface area contributed by atoms with Gasteiger partial charge in [-0.1, -0.05) is 22.0 Å². The van der Waals surface area contributed by atoms with Gasteiger partial charge in [0, 0.05) is 36.7 Å². The number of hydrogen-bond donors (Lipinski definition) is 1. The van der Waals surface area contributed by atoms with Crippen molar-refractivity contribution in [2.75, 3.05) is 24.2 Å². The number of benzene rings is 1. The van der Waals surface area contributed by atoms with Gasteiger partial charge in [-0.15, -0.1) is 0 Å². The molecule has 0 aromatic heterocycles. The largest absolute Gasteiger partial charge is 0.328 e. The number of halogens is 1. The monoisotopic (exact) mass is 315 g/mol. The molecule has 0 bridgehead atoms. The molecular weight excluding hydrogens is 302 g/mol. The van der Waals surface area contributed by atoms with Crippen LogP contribution in [0.4, 0.5) is 16.2 Å². The number of hydrogen-bond acceptors (Lipinski definition) is 3. The molecule has 0 saturated heterocycles. The number of amides is 2. The lowest BCUT2D eigenvalue weighted by molar-refractivity contribution is -0.384. The number of nitro groups is 1. The smallest absolute Gasteiger partial charge is 0.321 e. The van der Waals surface area contributed by atoms with Crippen molar-refractivity contribution < 1.29 is 9.72 Å². The normalized spacial score (nSPS) is 9.89. The van der Waals surface area contributed by atoms with E-state index in [1.165, 1.54) is 23.1 Å². The fraction of sp³-hybridized carbons (Fsp3) is 0.364. The highest BCUT2D eigenvalue weighted by Gasteiger charge is 2.10. The number of non-ortho nitro benzene ring substituents is 1. The van der Waals surface area contributed by atoms with Gasteiger partial charge in [0.2, 0.25) is 0 Å². The van der Waals surface area contributed by atoms with Gasteiger partial charge >= 0.3 is 6.03 Å². The van der Waals surface area contributed by atoms with Gasteiger partial charge in [0.1, 0.15) is 0 Å². The molecular formula is C11H14BrN3O3. The average molecular weight is 316 g/mol. The van der Waals surface area contributed by atoms with Crippen molar-refractivity contribution in [2.45, 2.75) is 6.42 Å². The summed E-state index contributed by atoms with van der Waals surface area (Å²) in [4.78, 5) is 23.4. The summed E-state index contributed by atoms with van der Waals surface area (Å²) in [6, 6.07) is 5.58. The molecule has 0 aliphatic carbocycles. The lowest BCUT2D eigenvalue weighted by atomic mass is 10.3. The third kappa shape index (κ3) is 4.33. The van der Waals surface area contributed by atoms with Crippen LogP contribution in [0.25, 0.3) is 0 Å². The second kappa shape index (κ2) is 6.95. The summed E-state index contributed by atoms with van der Waals surface area (Å²) in [7, 11) is 1.68. The zero-order valence-electron chi connectivity index (χ0n) is 9.93. The zero-order chi connectivity index (χ0) is 13.5. The molecule has 0 spiro atoms. The highest BCUT2D eigenvalue weighted by atomic mass is 79.9. The maximum absolute atomic E-state index is 11.7. The third-order valence-electron chi connectivity index (χ3n) is 2.28. The maximum atomic E-state index is 11.7. The summed E-state index contributed by atoms with van der Waals surface area (Å²) < 4.78 is 0. The van der Waals surface area contributed by atoms with Gasteiger partial charge in [-0.3, -0.25) is 10.1 Å². The van der Waals surface area contributed by atoms with Crippen LogP contribution in [-0.4, -0.2) is 34.8 Å². The third-order valence-corrected chi connectivity index (χ3v) is 2.84. The van der Waals surface area contributed by atoms with Crippen molar-refractivity contribution in [1.82, 2.24) is 4.90 Å². The first-order valence-corrected chi connectivity index (χ1v) is 6.49. The molecule has 1 N–H and O–H groups in total. The fourth-order valence-electron chi connectivity index (χ4n) is 1.31. The van der Waals surface area contributed by atoms with E-state index in [4.69, 9.17) is 0 Å². The average Bonchev–Trinajstić information content (AvgIpc) is 2.36. The van der Waals surface area contributed by atoms with Gasteiger partial charge < -0.3 is 10.2 Å². The topological polar surface area (TPSA) is 75.5 Å². The van der Waals surface area contributed by atoms with Gasteiger partial charge in [0.05, 0.1) is 4.92 Å². The summed E-state index contributed by atoms with van der Waals surface area (Å²) in [6.07, 6.45) is 0.846. The number of nitrogens with zero attached hydrogens (tertiary/aromatic N) is 2. The minimum Gasteiger partial charge on any atom is -0.328 e. The van der Waals surface area contributed by atoms with E-state index in [9.17, 15) is 14.9 Å². The molecule has 0 aliphatic heterocycles. The lowest BCUT2D eigenvalue weighted by Crippen LogP contribution is -2.32. The number of rotatable bonds is 5. The van der Waals surface area contributed by atoms with Crippen LogP contribution in [0.3, 0.4) is 0 Å². The van der Waals surface area contributed by atoms with Crippen molar-refractivity contribution in [2.24, 2.45) is 0 Å². The fourth-order valence-corrected chi connectivity index (χ4v) is 1.57. The van der Waals surface area contributed by atoms with Gasteiger partial charge in [0.25, 0.3) is 5.69 Å². The van der Waals surface area contributed by atoms with Crippen molar-refractivity contribution in [3.8, 4) is 0 Å². The van der Waals surface area contributed by atoms with E-state index in [-0.39, 0.29) is 11.7 Å². The Hall–Kier alpha value is -1.63. The second-order valence-corrected chi connectivity index (χ2v) is 4.49. The molecule has 98 valence electrons. The van der Waals surface area contributed by atoms with Crippen LogP contribution in [-0.2, 0) is 0 Å². The number of carbonyl (C=O) groups excluding carboxylic acids is 1. The summed E-state index contributed by atoms with van der Waals surface area (Å²) in [5.41, 5.74) is 0.371. The zero-order valence-corrected chi connectivity index (χ0v) is 11.5. The Kier molecular flexibility index (Phi) is 5.57. The summed E-state index contributed by atoms with van der Waals surface area (Å²) in [5.74, 6) is 0. The van der Waals surface area contributed by atoms with Crippen LogP contribution in [0.1, 0.15) is 6.42 Å². The van der Waals surface area contributed by atoms with Crippen LogP contribution >= 0.6 is 15.9 Å². The molecule has 1 rings (SSSR count). The second-order valence-electron chi connectivity index (χ2n) is 3.70. The molecule has 0 unspecified atom stereocenters. The molecule has 1 aromatic rings. The van der Waals surface area contributed by atoms with Gasteiger partial charge in [-0.25, -0.2) is 4.79 Å². The Morgan fingerprint density at radius 1 is 1.56 bits per heavy atom. The molecule has 0 radical (unpaired) electrons. The Labute approximate surface area is 113 Å². The molecule has 0 heterocycles. The number of anilines is 1. The summed E-state index contributed by atoms with van der Waals surface area (Å²) >= 11 is 3.29. The van der Waals surface area contributed by atoms with Crippen molar-refractivity contribution in [3.63, 3.8) is 0 Å². The van der Waals surface area contributed by atoms with E-state index >= 15 is 0 Å². The lowest BCUT2D eigenvalue weighted by Gasteiger charge is -2.17. The summed E-state index contributed by atoms with van der Waals surface area (Å²) in [5, 5.41) is 14.0. The predicted molar refractivity (Wildman–Crippen MR) is 73.2 cm³/mol. The van der Waals surface area contributed by atoms with Crippen LogP contribution in [0.2, 0.25) is 0 Å². The maximum Gasteiger partial charge on any atom is 0.321 e. The highest BCUT2D eigenvalue weighted by Crippen LogP contribution is 2.17. The molecule has 1 aromatic carbocycles. The Balaban J connectivity index is 2.64. The molecule has 2 amide bonds. The molecule has 0 saturated carbocycles. The van der Waals surface area contributed by atoms with Crippen LogP contribution in [0, 0.1) is 10.1 Å². The van der Waals surface area contributed by atoms with E-state index < -0.39 is 4.92 Å². The standard InChI is InChI=1S/C11H14BrN3O3/c1-14(7-3-6-12)11(16)13-9-4-2-5-10(8-9)15(17)18/h2,4-5,8H,3,6-7H2,1H3,(H,13,16). The van der Waals surface area contributed by atoms with Crippen molar-refractivity contribution in [1.29, 1.82) is 0 Å². The minimum absolute atomic E-state index is 0.0455. The first-order chi connectivity index (χ1) is 8.54. The molecule has 0 fully saturated rings. The molecule has 0 aliphatic rings. The van der Waals surface area contributed by atoms with E-state index in [2.05, 4.69) is 21.2 Å². The van der Waals surface area contributed by atoms with Crippen LogP contribution in [0.15, 0.2) is 24.3 Å². The molecule has 0 atom stereocenters. The van der Waals surface area contributed by atoms with Crippen molar-refractivity contribution in [3.05, 3.63) is 34.4 Å². The highest BCUT2D eigenvalue weighted by molar-refractivity contribution is 9.09.